The van der Waals surface area contributed by atoms with E-state index in [4.69, 9.17) is 9.26 Å². The number of aryl methyl sites for hydroxylation is 2. The molecule has 0 aliphatic heterocycles. The lowest BCUT2D eigenvalue weighted by Crippen LogP contribution is -2.33. The molecule has 0 saturated heterocycles. The maximum Gasteiger partial charge on any atom is 0.244 e. The third-order valence-electron chi connectivity index (χ3n) is 6.32. The van der Waals surface area contributed by atoms with Crippen LogP contribution in [0.4, 0.5) is 8.78 Å². The molecular formula is C25H25F2N5O4S. The van der Waals surface area contributed by atoms with Crippen molar-refractivity contribution in [2.75, 3.05) is 0 Å². The second kappa shape index (κ2) is 10.0. The summed E-state index contributed by atoms with van der Waals surface area (Å²) in [5.74, 6) is -1.25. The maximum absolute atomic E-state index is 13.6. The summed E-state index contributed by atoms with van der Waals surface area (Å²) in [6.45, 7) is 3.46. The van der Waals surface area contributed by atoms with Gasteiger partial charge in [-0.05, 0) is 56.5 Å². The molecule has 1 N–H and O–H groups in total. The summed E-state index contributed by atoms with van der Waals surface area (Å²) in [5, 5.41) is 11.9. The van der Waals surface area contributed by atoms with Crippen LogP contribution in [0.5, 0.6) is 5.75 Å². The smallest absolute Gasteiger partial charge is 0.244 e. The summed E-state index contributed by atoms with van der Waals surface area (Å²) in [4.78, 5) is -0.00935. The van der Waals surface area contributed by atoms with Crippen molar-refractivity contribution in [3.63, 3.8) is 0 Å². The third kappa shape index (κ3) is 5.25. The molecule has 0 atom stereocenters. The Hall–Kier alpha value is -3.64. The van der Waals surface area contributed by atoms with Gasteiger partial charge in [-0.2, -0.15) is 0 Å². The fourth-order valence-electron chi connectivity index (χ4n) is 4.48. The highest BCUT2D eigenvalue weighted by atomic mass is 32.2. The van der Waals surface area contributed by atoms with Crippen LogP contribution in [0, 0.1) is 25.5 Å². The highest BCUT2D eigenvalue weighted by molar-refractivity contribution is 7.89. The molecule has 4 aromatic rings. The highest BCUT2D eigenvalue weighted by Gasteiger charge is 2.27. The molecule has 0 radical (unpaired) electrons. The quantitative estimate of drug-likeness (QED) is 0.355. The number of sulfonamides is 1. The number of nitrogens with zero attached hydrogens (tertiary/aromatic N) is 4. The van der Waals surface area contributed by atoms with Crippen molar-refractivity contribution < 1.29 is 26.5 Å². The summed E-state index contributed by atoms with van der Waals surface area (Å²) < 4.78 is 68.9. The van der Waals surface area contributed by atoms with Crippen LogP contribution in [0.2, 0.25) is 0 Å². The number of rotatable bonds is 8. The lowest BCUT2D eigenvalue weighted by molar-refractivity contribution is 0.293. The number of nitrogens with one attached hydrogen (secondary N) is 1. The van der Waals surface area contributed by atoms with E-state index in [1.807, 2.05) is 0 Å². The van der Waals surface area contributed by atoms with Crippen LogP contribution in [-0.4, -0.2) is 34.6 Å². The fraction of sp³-hybridized carbons (Fsp3) is 0.320. The monoisotopic (exact) mass is 529 g/mol. The number of hydrogen-bond acceptors (Lipinski definition) is 7. The average molecular weight is 530 g/mol. The minimum Gasteiger partial charge on any atom is -0.486 e. The lowest BCUT2D eigenvalue weighted by Gasteiger charge is -2.16. The predicted molar refractivity (Wildman–Crippen MR) is 130 cm³/mol. The first-order valence-corrected chi connectivity index (χ1v) is 13.3. The average Bonchev–Trinajstić information content (AvgIpc) is 3.62. The molecular weight excluding hydrogens is 504 g/mol. The normalized spacial score (nSPS) is 14.4. The molecule has 9 nitrogen and oxygen atoms in total. The summed E-state index contributed by atoms with van der Waals surface area (Å²) in [7, 11) is -3.91. The van der Waals surface area contributed by atoms with Gasteiger partial charge in [0, 0.05) is 17.7 Å². The van der Waals surface area contributed by atoms with Crippen LogP contribution in [0.1, 0.15) is 42.8 Å². The van der Waals surface area contributed by atoms with Gasteiger partial charge in [0.05, 0.1) is 17.6 Å². The Labute approximate surface area is 212 Å². The zero-order chi connectivity index (χ0) is 26.2. The van der Waals surface area contributed by atoms with Gasteiger partial charge in [-0.25, -0.2) is 26.6 Å². The van der Waals surface area contributed by atoms with E-state index >= 15 is 0 Å². The third-order valence-corrected chi connectivity index (χ3v) is 7.86. The fourth-order valence-corrected chi connectivity index (χ4v) is 5.96. The van der Waals surface area contributed by atoms with Crippen LogP contribution < -0.4 is 9.46 Å². The molecule has 12 heteroatoms. The van der Waals surface area contributed by atoms with Crippen molar-refractivity contribution in [2.24, 2.45) is 0 Å². The Morgan fingerprint density at radius 1 is 1.11 bits per heavy atom. The zero-order valence-corrected chi connectivity index (χ0v) is 21.1. The summed E-state index contributed by atoms with van der Waals surface area (Å²) >= 11 is 0. The standard InChI is InChI=1S/C25H25F2N5O4S/c1-15-25(16(2)36-29-15)17-7-10-23(24(11-17)37(33,34)30-18-5-3-4-6-18)35-14-19-13-32(31-28-19)20-8-9-21(26)22(27)12-20/h7-13,18,30H,3-6,14H2,1-2H3. The van der Waals surface area contributed by atoms with E-state index in [1.165, 1.54) is 16.9 Å². The predicted octanol–water partition coefficient (Wildman–Crippen LogP) is 4.62. The molecule has 1 fully saturated rings. The summed E-state index contributed by atoms with van der Waals surface area (Å²) in [5.41, 5.74) is 2.65. The molecule has 0 bridgehead atoms. The van der Waals surface area contributed by atoms with Crippen LogP contribution in [0.3, 0.4) is 0 Å². The number of halogens is 2. The van der Waals surface area contributed by atoms with Gasteiger partial charge in [-0.1, -0.05) is 29.3 Å². The van der Waals surface area contributed by atoms with Crippen molar-refractivity contribution in [3.8, 4) is 22.6 Å². The minimum absolute atomic E-state index is 0.00935. The van der Waals surface area contributed by atoms with Crippen LogP contribution >= 0.6 is 0 Å². The summed E-state index contributed by atoms with van der Waals surface area (Å²) in [6.07, 6.45) is 5.01. The Kier molecular flexibility index (Phi) is 6.78. The number of ether oxygens (including phenoxy) is 1. The molecule has 2 aromatic heterocycles. The van der Waals surface area contributed by atoms with Gasteiger partial charge in [-0.3, -0.25) is 0 Å². The zero-order valence-electron chi connectivity index (χ0n) is 20.2. The van der Waals surface area contributed by atoms with E-state index in [0.29, 0.717) is 22.7 Å². The largest absolute Gasteiger partial charge is 0.486 e. The van der Waals surface area contributed by atoms with Gasteiger partial charge in [0.2, 0.25) is 10.0 Å². The van der Waals surface area contributed by atoms with E-state index in [-0.39, 0.29) is 29.0 Å². The minimum atomic E-state index is -3.91. The van der Waals surface area contributed by atoms with Gasteiger partial charge in [0.1, 0.15) is 28.7 Å². The Bertz CT molecular complexity index is 1520. The van der Waals surface area contributed by atoms with Crippen LogP contribution in [0.15, 0.2) is 52.0 Å². The lowest BCUT2D eigenvalue weighted by atomic mass is 10.0. The van der Waals surface area contributed by atoms with Gasteiger partial charge >= 0.3 is 0 Å². The molecule has 2 aromatic carbocycles. The Morgan fingerprint density at radius 2 is 1.89 bits per heavy atom. The number of aromatic nitrogens is 4. The van der Waals surface area contributed by atoms with E-state index in [2.05, 4.69) is 20.2 Å². The molecule has 5 rings (SSSR count). The first-order valence-electron chi connectivity index (χ1n) is 11.8. The van der Waals surface area contributed by atoms with Gasteiger partial charge in [0.15, 0.2) is 11.6 Å². The van der Waals surface area contributed by atoms with E-state index in [9.17, 15) is 17.2 Å². The van der Waals surface area contributed by atoms with Gasteiger partial charge < -0.3 is 9.26 Å². The molecule has 0 unspecified atom stereocenters. The van der Waals surface area contributed by atoms with Crippen molar-refractivity contribution in [2.45, 2.75) is 57.1 Å². The van der Waals surface area contributed by atoms with Crippen molar-refractivity contribution >= 4 is 10.0 Å². The van der Waals surface area contributed by atoms with Crippen molar-refractivity contribution in [1.82, 2.24) is 24.9 Å². The SMILES string of the molecule is Cc1noc(C)c1-c1ccc(OCc2cn(-c3ccc(F)c(F)c3)nn2)c(S(=O)(=O)NC2CCCC2)c1. The Morgan fingerprint density at radius 3 is 2.59 bits per heavy atom. The van der Waals surface area contributed by atoms with E-state index < -0.39 is 21.7 Å². The molecule has 0 spiro atoms. The second-order valence-electron chi connectivity index (χ2n) is 9.00. The molecule has 2 heterocycles. The summed E-state index contributed by atoms with van der Waals surface area (Å²) in [6, 6.07) is 8.12. The van der Waals surface area contributed by atoms with E-state index in [0.717, 1.165) is 43.4 Å². The molecule has 1 saturated carbocycles. The second-order valence-corrected chi connectivity index (χ2v) is 10.7. The van der Waals surface area contributed by atoms with Crippen LogP contribution in [-0.2, 0) is 16.6 Å². The first-order chi connectivity index (χ1) is 17.7. The first kappa shape index (κ1) is 25.0. The number of hydrogen-bond donors (Lipinski definition) is 1. The highest BCUT2D eigenvalue weighted by Crippen LogP contribution is 2.34. The Balaban J connectivity index is 1.43. The van der Waals surface area contributed by atoms with Crippen molar-refractivity contribution in [1.29, 1.82) is 0 Å². The van der Waals surface area contributed by atoms with E-state index in [1.54, 1.807) is 32.0 Å². The van der Waals surface area contributed by atoms with Crippen molar-refractivity contribution in [3.05, 3.63) is 71.4 Å². The maximum atomic E-state index is 13.6. The molecule has 194 valence electrons. The molecule has 0 amide bonds. The topological polar surface area (TPSA) is 112 Å². The number of benzene rings is 2. The van der Waals surface area contributed by atoms with Crippen LogP contribution in [0.25, 0.3) is 16.8 Å². The molecule has 1 aliphatic rings. The van der Waals surface area contributed by atoms with Gasteiger partial charge in [0.25, 0.3) is 0 Å². The van der Waals surface area contributed by atoms with Gasteiger partial charge in [-0.15, -0.1) is 5.10 Å². The molecule has 1 aliphatic carbocycles. The molecule has 37 heavy (non-hydrogen) atoms.